The van der Waals surface area contributed by atoms with Gasteiger partial charge in [0, 0.05) is 50.7 Å². The highest BCUT2D eigenvalue weighted by atomic mass is 19.2. The van der Waals surface area contributed by atoms with Crippen LogP contribution in [0.1, 0.15) is 11.3 Å². The molecule has 0 radical (unpaired) electrons. The van der Waals surface area contributed by atoms with Crippen molar-refractivity contribution in [2.45, 2.75) is 13.0 Å². The summed E-state index contributed by atoms with van der Waals surface area (Å²) in [6.07, 6.45) is 3.61. The van der Waals surface area contributed by atoms with Gasteiger partial charge in [0.05, 0.1) is 23.9 Å². The molecule has 1 aliphatic heterocycles. The minimum absolute atomic E-state index is 0.220. The number of halogens is 2. The largest absolute Gasteiger partial charge is 0.338 e. The molecule has 0 N–H and O–H groups in total. The van der Waals surface area contributed by atoms with Crippen LogP contribution < -0.4 is 4.90 Å². The molecule has 0 aliphatic carbocycles. The van der Waals surface area contributed by atoms with Crippen molar-refractivity contribution in [3.8, 4) is 17.3 Å². The Hall–Kier alpha value is -3.44. The molecule has 0 saturated carbocycles. The third kappa shape index (κ3) is 4.42. The van der Waals surface area contributed by atoms with Crippen LogP contribution in [0.5, 0.6) is 0 Å². The van der Waals surface area contributed by atoms with Gasteiger partial charge < -0.3 is 4.90 Å². The van der Waals surface area contributed by atoms with Crippen molar-refractivity contribution >= 4 is 5.95 Å². The molecule has 3 heterocycles. The number of benzene rings is 1. The van der Waals surface area contributed by atoms with Gasteiger partial charge in [0.15, 0.2) is 11.6 Å². The van der Waals surface area contributed by atoms with Crippen LogP contribution >= 0.6 is 0 Å². The highest BCUT2D eigenvalue weighted by molar-refractivity contribution is 5.63. The second-order valence-corrected chi connectivity index (χ2v) is 7.09. The van der Waals surface area contributed by atoms with Crippen molar-refractivity contribution in [3.05, 3.63) is 71.7 Å². The first-order valence-corrected chi connectivity index (χ1v) is 9.69. The third-order valence-electron chi connectivity index (χ3n) is 5.10. The van der Waals surface area contributed by atoms with Crippen molar-refractivity contribution in [2.75, 3.05) is 31.1 Å². The fourth-order valence-corrected chi connectivity index (χ4v) is 3.54. The summed E-state index contributed by atoms with van der Waals surface area (Å²) in [6.45, 7) is 3.55. The molecule has 0 bridgehead atoms. The van der Waals surface area contributed by atoms with Gasteiger partial charge >= 0.3 is 0 Å². The molecular weight excluding hydrogens is 386 g/mol. The van der Waals surface area contributed by atoms with E-state index in [9.17, 15) is 8.78 Å². The van der Waals surface area contributed by atoms with Gasteiger partial charge in [-0.1, -0.05) is 6.07 Å². The van der Waals surface area contributed by atoms with E-state index in [1.165, 1.54) is 12.1 Å². The average molecular weight is 406 g/mol. The summed E-state index contributed by atoms with van der Waals surface area (Å²) in [5.74, 6) is -1.01. The van der Waals surface area contributed by atoms with E-state index in [4.69, 9.17) is 10.2 Å². The molecule has 8 heteroatoms. The van der Waals surface area contributed by atoms with Gasteiger partial charge in [-0.25, -0.2) is 18.7 Å². The normalized spacial score (nSPS) is 14.5. The van der Waals surface area contributed by atoms with Gasteiger partial charge in [0.1, 0.15) is 0 Å². The molecule has 1 aliphatic rings. The van der Waals surface area contributed by atoms with Crippen LogP contribution in [0.3, 0.4) is 0 Å². The first-order chi connectivity index (χ1) is 14.6. The Morgan fingerprint density at radius 3 is 2.57 bits per heavy atom. The Kier molecular flexibility index (Phi) is 5.91. The standard InChI is InChI=1S/C22H20F2N6/c23-18-4-3-16(14-19(18)24)15-29-10-12-30(13-11-29)22-27-9-6-21(28-22)17-2-1-8-26-20(17)5-7-25/h1-4,6,8-9,14H,5,10-13,15H2. The maximum absolute atomic E-state index is 13.4. The molecule has 6 nitrogen and oxygen atoms in total. The quantitative estimate of drug-likeness (QED) is 0.648. The van der Waals surface area contributed by atoms with Crippen LogP contribution in [0.15, 0.2) is 48.8 Å². The lowest BCUT2D eigenvalue weighted by Crippen LogP contribution is -2.46. The van der Waals surface area contributed by atoms with E-state index in [1.807, 2.05) is 18.2 Å². The summed E-state index contributed by atoms with van der Waals surface area (Å²) in [6, 6.07) is 11.7. The van der Waals surface area contributed by atoms with Crippen molar-refractivity contribution in [2.24, 2.45) is 0 Å². The summed E-state index contributed by atoms with van der Waals surface area (Å²) in [5.41, 5.74) is 3.02. The summed E-state index contributed by atoms with van der Waals surface area (Å²) in [5, 5.41) is 9.03. The lowest BCUT2D eigenvalue weighted by molar-refractivity contribution is 0.248. The summed E-state index contributed by atoms with van der Waals surface area (Å²) < 4.78 is 26.5. The third-order valence-corrected chi connectivity index (χ3v) is 5.10. The summed E-state index contributed by atoms with van der Waals surface area (Å²) >= 11 is 0. The van der Waals surface area contributed by atoms with Gasteiger partial charge in [-0.3, -0.25) is 9.88 Å². The monoisotopic (exact) mass is 406 g/mol. The van der Waals surface area contributed by atoms with Crippen LogP contribution in [0.4, 0.5) is 14.7 Å². The SMILES string of the molecule is N#CCc1ncccc1-c1ccnc(N2CCN(Cc3ccc(F)c(F)c3)CC2)n1. The van der Waals surface area contributed by atoms with Gasteiger partial charge in [-0.2, -0.15) is 5.26 Å². The van der Waals surface area contributed by atoms with Crippen LogP contribution in [0, 0.1) is 23.0 Å². The lowest BCUT2D eigenvalue weighted by Gasteiger charge is -2.34. The fraction of sp³-hybridized carbons (Fsp3) is 0.273. The molecule has 1 fully saturated rings. The van der Waals surface area contributed by atoms with Crippen LogP contribution in [-0.2, 0) is 13.0 Å². The Morgan fingerprint density at radius 2 is 1.80 bits per heavy atom. The molecule has 152 valence electrons. The average Bonchev–Trinajstić information content (AvgIpc) is 2.78. The number of rotatable bonds is 5. The molecule has 1 aromatic carbocycles. The molecule has 30 heavy (non-hydrogen) atoms. The number of hydrogen-bond acceptors (Lipinski definition) is 6. The van der Waals surface area contributed by atoms with Crippen molar-refractivity contribution in [3.63, 3.8) is 0 Å². The second kappa shape index (κ2) is 8.93. The molecule has 2 aromatic heterocycles. The molecule has 0 atom stereocenters. The number of piperazine rings is 1. The van der Waals surface area contributed by atoms with Gasteiger partial charge in [-0.15, -0.1) is 0 Å². The van der Waals surface area contributed by atoms with E-state index >= 15 is 0 Å². The molecule has 4 rings (SSSR count). The molecular formula is C22H20F2N6. The Bertz CT molecular complexity index is 1070. The number of nitriles is 1. The molecule has 0 spiro atoms. The molecule has 1 saturated heterocycles. The number of pyridine rings is 1. The minimum Gasteiger partial charge on any atom is -0.338 e. The maximum atomic E-state index is 13.4. The van der Waals surface area contributed by atoms with E-state index in [-0.39, 0.29) is 6.42 Å². The van der Waals surface area contributed by atoms with E-state index in [1.54, 1.807) is 18.5 Å². The highest BCUT2D eigenvalue weighted by Gasteiger charge is 2.20. The number of nitrogens with zero attached hydrogens (tertiary/aromatic N) is 6. The highest BCUT2D eigenvalue weighted by Crippen LogP contribution is 2.23. The zero-order valence-corrected chi connectivity index (χ0v) is 16.3. The maximum Gasteiger partial charge on any atom is 0.225 e. The first kappa shape index (κ1) is 19.9. The number of aromatic nitrogens is 3. The number of hydrogen-bond donors (Lipinski definition) is 0. The second-order valence-electron chi connectivity index (χ2n) is 7.09. The minimum atomic E-state index is -0.827. The lowest BCUT2D eigenvalue weighted by atomic mass is 10.1. The predicted octanol–water partition coefficient (Wildman–Crippen LogP) is 3.21. The van der Waals surface area contributed by atoms with E-state index < -0.39 is 11.6 Å². The van der Waals surface area contributed by atoms with Crippen molar-refractivity contribution in [1.82, 2.24) is 19.9 Å². The van der Waals surface area contributed by atoms with Gasteiger partial charge in [0.25, 0.3) is 0 Å². The van der Waals surface area contributed by atoms with Crippen LogP contribution in [0.2, 0.25) is 0 Å². The fourth-order valence-electron chi connectivity index (χ4n) is 3.54. The molecule has 3 aromatic rings. The van der Waals surface area contributed by atoms with E-state index in [2.05, 4.69) is 25.8 Å². The van der Waals surface area contributed by atoms with Crippen molar-refractivity contribution in [1.29, 1.82) is 5.26 Å². The van der Waals surface area contributed by atoms with Gasteiger partial charge in [0.2, 0.25) is 5.95 Å². The van der Waals surface area contributed by atoms with E-state index in [0.717, 1.165) is 43.0 Å². The van der Waals surface area contributed by atoms with Crippen molar-refractivity contribution < 1.29 is 8.78 Å². The summed E-state index contributed by atoms with van der Waals surface area (Å²) in [7, 11) is 0. The zero-order chi connectivity index (χ0) is 20.9. The molecule has 0 amide bonds. The Morgan fingerprint density at radius 1 is 0.967 bits per heavy atom. The molecule has 0 unspecified atom stereocenters. The topological polar surface area (TPSA) is 68.9 Å². The van der Waals surface area contributed by atoms with Gasteiger partial charge in [-0.05, 0) is 35.9 Å². The number of anilines is 1. The first-order valence-electron chi connectivity index (χ1n) is 9.69. The van der Waals surface area contributed by atoms with E-state index in [0.29, 0.717) is 18.2 Å². The Labute approximate surface area is 173 Å². The van der Waals surface area contributed by atoms with Crippen LogP contribution in [0.25, 0.3) is 11.3 Å². The Balaban J connectivity index is 1.44. The summed E-state index contributed by atoms with van der Waals surface area (Å²) in [4.78, 5) is 17.7. The smallest absolute Gasteiger partial charge is 0.225 e. The van der Waals surface area contributed by atoms with Crippen LogP contribution in [-0.4, -0.2) is 46.0 Å². The zero-order valence-electron chi connectivity index (χ0n) is 16.3. The predicted molar refractivity (Wildman–Crippen MR) is 108 cm³/mol.